The Labute approximate surface area is 127 Å². The molecular formula is C14H20N2O6. The van der Waals surface area contributed by atoms with Crippen molar-refractivity contribution >= 4 is 5.69 Å². The summed E-state index contributed by atoms with van der Waals surface area (Å²) in [6, 6.07) is 5.74. The van der Waals surface area contributed by atoms with Gasteiger partial charge in [0, 0.05) is 32.1 Å². The Morgan fingerprint density at radius 3 is 2.68 bits per heavy atom. The molecule has 1 aromatic rings. The molecule has 1 aliphatic heterocycles. The van der Waals surface area contributed by atoms with E-state index in [0.717, 1.165) is 0 Å². The van der Waals surface area contributed by atoms with Gasteiger partial charge >= 0.3 is 0 Å². The number of non-ortho nitro benzene ring substituents is 1. The van der Waals surface area contributed by atoms with Gasteiger partial charge in [-0.3, -0.25) is 15.0 Å². The van der Waals surface area contributed by atoms with Gasteiger partial charge in [0.25, 0.3) is 5.69 Å². The topological polar surface area (TPSA) is 116 Å². The van der Waals surface area contributed by atoms with Gasteiger partial charge in [-0.25, -0.2) is 0 Å². The predicted molar refractivity (Wildman–Crippen MR) is 77.7 cm³/mol. The molecule has 0 aromatic heterocycles. The van der Waals surface area contributed by atoms with E-state index >= 15 is 0 Å². The van der Waals surface area contributed by atoms with E-state index in [1.807, 2.05) is 0 Å². The second-order valence-corrected chi connectivity index (χ2v) is 5.48. The highest BCUT2D eigenvalue weighted by Crippen LogP contribution is 2.19. The molecule has 1 heterocycles. The van der Waals surface area contributed by atoms with Crippen LogP contribution in [0.15, 0.2) is 24.3 Å². The van der Waals surface area contributed by atoms with Crippen LogP contribution in [0.2, 0.25) is 0 Å². The van der Waals surface area contributed by atoms with Crippen LogP contribution >= 0.6 is 0 Å². The largest absolute Gasteiger partial charge is 0.491 e. The van der Waals surface area contributed by atoms with Gasteiger partial charge in [0.2, 0.25) is 0 Å². The number of nitro groups is 1. The van der Waals surface area contributed by atoms with Crippen LogP contribution in [0.25, 0.3) is 0 Å². The van der Waals surface area contributed by atoms with Crippen LogP contribution in [-0.2, 0) is 0 Å². The van der Waals surface area contributed by atoms with Crippen molar-refractivity contribution in [3.63, 3.8) is 0 Å². The van der Waals surface area contributed by atoms with Gasteiger partial charge in [-0.1, -0.05) is 6.07 Å². The first-order valence-electron chi connectivity index (χ1n) is 7.08. The highest BCUT2D eigenvalue weighted by Gasteiger charge is 2.25. The zero-order valence-corrected chi connectivity index (χ0v) is 12.0. The summed E-state index contributed by atoms with van der Waals surface area (Å²) in [6.07, 6.45) is -1.68. The molecule has 0 radical (unpaired) electrons. The third-order valence-electron chi connectivity index (χ3n) is 3.42. The molecule has 0 bridgehead atoms. The molecule has 1 aliphatic rings. The van der Waals surface area contributed by atoms with Gasteiger partial charge in [0.1, 0.15) is 18.5 Å². The maximum Gasteiger partial charge on any atom is 0.273 e. The first-order valence-corrected chi connectivity index (χ1v) is 7.08. The molecule has 0 spiro atoms. The molecule has 122 valence electrons. The van der Waals surface area contributed by atoms with E-state index in [0.29, 0.717) is 25.3 Å². The summed E-state index contributed by atoms with van der Waals surface area (Å²) in [5, 5.41) is 39.8. The molecule has 0 saturated carbocycles. The Balaban J connectivity index is 1.81. The van der Waals surface area contributed by atoms with E-state index in [9.17, 15) is 25.4 Å². The van der Waals surface area contributed by atoms with Gasteiger partial charge < -0.3 is 20.1 Å². The highest BCUT2D eigenvalue weighted by molar-refractivity contribution is 5.37. The SMILES string of the molecule is O=[N+]([O-])c1cccc(OCC(O)CN2C[C@H](O)C[C@H](O)C2)c1. The quantitative estimate of drug-likeness (QED) is 0.490. The van der Waals surface area contributed by atoms with Crippen LogP contribution in [0.3, 0.4) is 0 Å². The number of nitro benzene ring substituents is 1. The molecule has 22 heavy (non-hydrogen) atoms. The number of piperidine rings is 1. The molecular weight excluding hydrogens is 292 g/mol. The maximum absolute atomic E-state index is 10.7. The van der Waals surface area contributed by atoms with Crippen molar-refractivity contribution in [2.75, 3.05) is 26.2 Å². The van der Waals surface area contributed by atoms with E-state index in [-0.39, 0.29) is 18.8 Å². The number of aliphatic hydroxyl groups excluding tert-OH is 3. The average molecular weight is 312 g/mol. The molecule has 3 N–H and O–H groups in total. The lowest BCUT2D eigenvalue weighted by atomic mass is 10.1. The minimum atomic E-state index is -0.822. The van der Waals surface area contributed by atoms with Crippen LogP contribution in [0, 0.1) is 10.1 Å². The number of ether oxygens (including phenoxy) is 1. The van der Waals surface area contributed by atoms with Gasteiger partial charge in [-0.2, -0.15) is 0 Å². The number of hydrogen-bond acceptors (Lipinski definition) is 7. The smallest absolute Gasteiger partial charge is 0.273 e. The summed E-state index contributed by atoms with van der Waals surface area (Å²) in [5.74, 6) is 0.312. The van der Waals surface area contributed by atoms with E-state index in [2.05, 4.69) is 0 Å². The molecule has 1 saturated heterocycles. The van der Waals surface area contributed by atoms with Gasteiger partial charge in [-0.15, -0.1) is 0 Å². The van der Waals surface area contributed by atoms with Crippen molar-refractivity contribution in [1.29, 1.82) is 0 Å². The fourth-order valence-corrected chi connectivity index (χ4v) is 2.51. The fraction of sp³-hybridized carbons (Fsp3) is 0.571. The zero-order chi connectivity index (χ0) is 16.1. The second kappa shape index (κ2) is 7.50. The Bertz CT molecular complexity index is 502. The lowest BCUT2D eigenvalue weighted by Crippen LogP contribution is -2.48. The van der Waals surface area contributed by atoms with Gasteiger partial charge in [0.15, 0.2) is 0 Å². The molecule has 0 aliphatic carbocycles. The van der Waals surface area contributed by atoms with Crippen LogP contribution < -0.4 is 4.74 Å². The molecule has 1 fully saturated rings. The summed E-state index contributed by atoms with van der Waals surface area (Å²) in [7, 11) is 0. The first kappa shape index (κ1) is 16.6. The van der Waals surface area contributed by atoms with Crippen molar-refractivity contribution in [3.8, 4) is 5.75 Å². The van der Waals surface area contributed by atoms with Crippen molar-refractivity contribution in [2.45, 2.75) is 24.7 Å². The predicted octanol–water partition coefficient (Wildman–Crippen LogP) is -0.238. The summed E-state index contributed by atoms with van der Waals surface area (Å²) < 4.78 is 5.35. The van der Waals surface area contributed by atoms with Crippen molar-refractivity contribution in [1.82, 2.24) is 4.90 Å². The monoisotopic (exact) mass is 312 g/mol. The maximum atomic E-state index is 10.7. The minimum absolute atomic E-state index is 0.0240. The third kappa shape index (κ3) is 4.92. The summed E-state index contributed by atoms with van der Waals surface area (Å²) in [4.78, 5) is 11.9. The molecule has 1 aromatic carbocycles. The van der Waals surface area contributed by atoms with Gasteiger partial charge in [0.05, 0.1) is 23.2 Å². The summed E-state index contributed by atoms with van der Waals surface area (Å²) in [5.41, 5.74) is -0.0748. The highest BCUT2D eigenvalue weighted by atomic mass is 16.6. The lowest BCUT2D eigenvalue weighted by Gasteiger charge is -2.34. The minimum Gasteiger partial charge on any atom is -0.491 e. The fourth-order valence-electron chi connectivity index (χ4n) is 2.51. The normalized spacial score (nSPS) is 24.0. The van der Waals surface area contributed by atoms with Crippen LogP contribution in [0.5, 0.6) is 5.75 Å². The summed E-state index contributed by atoms with van der Waals surface area (Å²) in [6.45, 7) is 1.02. The molecule has 8 heteroatoms. The van der Waals surface area contributed by atoms with E-state index < -0.39 is 23.2 Å². The standard InChI is InChI=1S/C14H20N2O6/c17-11-5-12(18)7-15(6-11)8-13(19)9-22-14-3-1-2-10(4-14)16(20)21/h1-4,11-13,17-19H,5-9H2/t11-,12+,13?. The second-order valence-electron chi connectivity index (χ2n) is 5.48. The molecule has 3 atom stereocenters. The van der Waals surface area contributed by atoms with E-state index in [4.69, 9.17) is 4.74 Å². The first-order chi connectivity index (χ1) is 10.4. The Morgan fingerprint density at radius 1 is 1.36 bits per heavy atom. The van der Waals surface area contributed by atoms with Crippen molar-refractivity contribution in [3.05, 3.63) is 34.4 Å². The number of β-amino-alcohol motifs (C(OH)–C–C–N with tert-alkyl or cyclic N) is 3. The summed E-state index contributed by atoms with van der Waals surface area (Å²) >= 11 is 0. The Morgan fingerprint density at radius 2 is 2.05 bits per heavy atom. The number of aliphatic hydroxyl groups is 3. The van der Waals surface area contributed by atoms with Crippen LogP contribution in [-0.4, -0.2) is 69.7 Å². The number of nitrogens with zero attached hydrogens (tertiary/aromatic N) is 2. The van der Waals surface area contributed by atoms with Crippen molar-refractivity contribution < 1.29 is 25.0 Å². The number of likely N-dealkylation sites (tertiary alicyclic amines) is 1. The zero-order valence-electron chi connectivity index (χ0n) is 12.0. The lowest BCUT2D eigenvalue weighted by molar-refractivity contribution is -0.384. The number of hydrogen-bond donors (Lipinski definition) is 3. The van der Waals surface area contributed by atoms with Crippen molar-refractivity contribution in [2.24, 2.45) is 0 Å². The Kier molecular flexibility index (Phi) is 5.67. The van der Waals surface area contributed by atoms with Crippen LogP contribution in [0.4, 0.5) is 5.69 Å². The number of benzene rings is 1. The van der Waals surface area contributed by atoms with Crippen LogP contribution in [0.1, 0.15) is 6.42 Å². The van der Waals surface area contributed by atoms with E-state index in [1.54, 1.807) is 11.0 Å². The van der Waals surface area contributed by atoms with E-state index in [1.165, 1.54) is 18.2 Å². The molecule has 2 rings (SSSR count). The Hall–Kier alpha value is -1.74. The average Bonchev–Trinajstić information content (AvgIpc) is 2.44. The third-order valence-corrected chi connectivity index (χ3v) is 3.42. The molecule has 0 amide bonds. The molecule has 8 nitrogen and oxygen atoms in total. The van der Waals surface area contributed by atoms with Gasteiger partial charge in [-0.05, 0) is 6.07 Å². The number of rotatable bonds is 6. The molecule has 1 unspecified atom stereocenters.